The number of nitrogens with zero attached hydrogens (tertiary/aromatic N) is 1. The van der Waals surface area contributed by atoms with Crippen molar-refractivity contribution < 1.29 is 71.2 Å². The molecule has 0 aromatic rings. The van der Waals surface area contributed by atoms with Crippen LogP contribution in [0.2, 0.25) is 30.2 Å². The van der Waals surface area contributed by atoms with Gasteiger partial charge in [0.1, 0.15) is 0 Å². The Morgan fingerprint density at radius 2 is 0.614 bits per heavy atom. The first-order valence-corrected chi connectivity index (χ1v) is 29.3. The Bertz CT molecular complexity index is 905. The van der Waals surface area contributed by atoms with Crippen molar-refractivity contribution in [2.75, 3.05) is 120 Å². The Kier molecular flexibility index (Phi) is 29.3. The van der Waals surface area contributed by atoms with Crippen molar-refractivity contribution in [2.45, 2.75) is 94.4 Å². The Morgan fingerprint density at radius 3 is 0.825 bits per heavy atom. The molecule has 0 aromatic carbocycles. The quantitative estimate of drug-likeness (QED) is 0.0731. The van der Waals surface area contributed by atoms with E-state index in [1.807, 2.05) is 11.9 Å². The molecule has 0 bridgehead atoms. The molecule has 0 fully saturated rings. The van der Waals surface area contributed by atoms with Crippen molar-refractivity contribution in [3.63, 3.8) is 0 Å². The van der Waals surface area contributed by atoms with Gasteiger partial charge in [0.15, 0.2) is 0 Å². The molecule has 0 spiro atoms. The van der Waals surface area contributed by atoms with Gasteiger partial charge in [-0.05, 0) is 69.6 Å². The molecule has 0 rings (SSSR count). The molecule has 0 aliphatic rings. The Hall–Kier alpha value is -0.0456. The maximum Gasteiger partial charge on any atom is 0.500 e. The minimum Gasteiger partial charge on any atom is -0.377 e. The van der Waals surface area contributed by atoms with Gasteiger partial charge in [-0.1, -0.05) is 0 Å². The Balaban J connectivity index is 6.95. The Labute approximate surface area is 351 Å². The van der Waals surface area contributed by atoms with Gasteiger partial charge in [0.2, 0.25) is 5.91 Å². The maximum absolute atomic E-state index is 14.8. The van der Waals surface area contributed by atoms with Crippen molar-refractivity contribution >= 4 is 49.9 Å². The highest BCUT2D eigenvalue weighted by Crippen LogP contribution is 2.41. The van der Waals surface area contributed by atoms with Gasteiger partial charge >= 0.3 is 44.0 Å². The summed E-state index contributed by atoms with van der Waals surface area (Å²) in [5.41, 5.74) is -0.344. The average Bonchev–Trinajstić information content (AvgIpc) is 3.25. The number of amides is 1. The van der Waals surface area contributed by atoms with Crippen LogP contribution in [0.1, 0.15) is 64.2 Å². The molecule has 1 amide bonds. The molecule has 0 saturated heterocycles. The van der Waals surface area contributed by atoms with Crippen LogP contribution < -0.4 is 0 Å². The molecular formula is C35H81NO16Si5. The predicted molar refractivity (Wildman–Crippen MR) is 228 cm³/mol. The minimum atomic E-state index is -2.88. The lowest BCUT2D eigenvalue weighted by Crippen LogP contribution is -2.46. The summed E-state index contributed by atoms with van der Waals surface area (Å²) in [6.07, 6.45) is 7.21. The van der Waals surface area contributed by atoms with E-state index in [0.29, 0.717) is 62.4 Å². The molecule has 342 valence electrons. The summed E-state index contributed by atoms with van der Waals surface area (Å²) in [5.74, 6) is -0.222. The van der Waals surface area contributed by atoms with Crippen LogP contribution in [0, 0.1) is 11.3 Å². The number of carbonyl (C=O) groups is 1. The lowest BCUT2D eigenvalue weighted by Gasteiger charge is -2.40. The normalized spacial score (nSPS) is 13.6. The smallest absolute Gasteiger partial charge is 0.377 e. The van der Waals surface area contributed by atoms with E-state index in [2.05, 4.69) is 0 Å². The molecule has 0 N–H and O–H groups in total. The molecule has 0 atom stereocenters. The average molecular weight is 912 g/mol. The SMILES string of the molecule is CO[Si](CCCC(CCC[Si](OC)(OC)OC)C(=O)N(C)CC(CCC[Si](OC)(OC)OC)(CCC[Si](OC)(OC)OC)CCC[Si](OC)(OC)OC)(OC)OC. The van der Waals surface area contributed by atoms with Gasteiger partial charge in [0.25, 0.3) is 0 Å². The summed E-state index contributed by atoms with van der Waals surface area (Å²) in [7, 11) is 11.9. The summed E-state index contributed by atoms with van der Waals surface area (Å²) in [6.45, 7) is 0.507. The first-order valence-electron chi connectivity index (χ1n) is 19.7. The number of rotatable bonds is 38. The minimum absolute atomic E-state index is 0.0663. The fourth-order valence-corrected chi connectivity index (χ4v) is 16.5. The van der Waals surface area contributed by atoms with Crippen LogP contribution in [0.5, 0.6) is 0 Å². The van der Waals surface area contributed by atoms with E-state index in [1.54, 1.807) is 107 Å². The van der Waals surface area contributed by atoms with Crippen molar-refractivity contribution in [3.8, 4) is 0 Å². The summed E-state index contributed by atoms with van der Waals surface area (Å²) >= 11 is 0. The second-order valence-corrected chi connectivity index (χ2v) is 29.7. The molecule has 17 nitrogen and oxygen atoms in total. The lowest BCUT2D eigenvalue weighted by atomic mass is 9.75. The van der Waals surface area contributed by atoms with Gasteiger partial charge in [-0.25, -0.2) is 0 Å². The first-order chi connectivity index (χ1) is 27.1. The summed E-state index contributed by atoms with van der Waals surface area (Å²) < 4.78 is 86.5. The summed E-state index contributed by atoms with van der Waals surface area (Å²) in [5, 5.41) is 0. The molecule has 0 saturated carbocycles. The molecule has 0 unspecified atom stereocenters. The molecule has 0 aliphatic heterocycles. The largest absolute Gasteiger partial charge is 0.500 e. The zero-order chi connectivity index (χ0) is 43.7. The third-order valence-corrected chi connectivity index (χ3v) is 25.8. The maximum atomic E-state index is 14.8. The first kappa shape index (κ1) is 57.0. The molecular weight excluding hydrogens is 831 g/mol. The molecule has 0 heterocycles. The fraction of sp³-hybridized carbons (Fsp3) is 0.971. The molecule has 22 heteroatoms. The van der Waals surface area contributed by atoms with Crippen LogP contribution in [0.4, 0.5) is 0 Å². The standard InChI is InChI=1S/C35H81NO16Si5/c1-36(34(37)33(22-17-27-53(38-2,39-3)40-4)23-18-28-54(41-5,42-6)43-7)32-35(24-19-29-55(44-8,45-9)46-10,25-20-30-56(47-11,48-12)49-13)26-21-31-57(50-14,51-15)52-16/h33H,17-32H2,1-16H3. The van der Waals surface area contributed by atoms with Crippen molar-refractivity contribution in [2.24, 2.45) is 11.3 Å². The zero-order valence-corrected chi connectivity index (χ0v) is 43.4. The Morgan fingerprint density at radius 1 is 0.404 bits per heavy atom. The highest BCUT2D eigenvalue weighted by atomic mass is 28.4. The topological polar surface area (TPSA) is 159 Å². The zero-order valence-electron chi connectivity index (χ0n) is 38.4. The second-order valence-electron chi connectivity index (χ2n) is 14.2. The third kappa shape index (κ3) is 17.7. The molecule has 0 aromatic heterocycles. The van der Waals surface area contributed by atoms with Crippen LogP contribution in [0.15, 0.2) is 0 Å². The van der Waals surface area contributed by atoms with E-state index < -0.39 is 44.0 Å². The van der Waals surface area contributed by atoms with E-state index in [1.165, 1.54) is 0 Å². The van der Waals surface area contributed by atoms with Crippen LogP contribution in [0.25, 0.3) is 0 Å². The van der Waals surface area contributed by atoms with E-state index >= 15 is 0 Å². The number of carbonyl (C=O) groups excluding carboxylic acids is 1. The van der Waals surface area contributed by atoms with Gasteiger partial charge in [-0.15, -0.1) is 0 Å². The predicted octanol–water partition coefficient (Wildman–Crippen LogP) is 5.34. The van der Waals surface area contributed by atoms with Crippen molar-refractivity contribution in [1.29, 1.82) is 0 Å². The summed E-state index contributed by atoms with van der Waals surface area (Å²) in [6, 6.07) is 3.02. The van der Waals surface area contributed by atoms with Gasteiger partial charge in [-0.2, -0.15) is 0 Å². The van der Waals surface area contributed by atoms with Gasteiger partial charge in [0, 0.05) is 156 Å². The summed E-state index contributed by atoms with van der Waals surface area (Å²) in [4.78, 5) is 16.7. The van der Waals surface area contributed by atoms with Crippen LogP contribution in [-0.4, -0.2) is 175 Å². The van der Waals surface area contributed by atoms with Crippen molar-refractivity contribution in [3.05, 3.63) is 0 Å². The molecule has 0 radical (unpaired) electrons. The van der Waals surface area contributed by atoms with Crippen LogP contribution in [-0.2, 0) is 71.2 Å². The van der Waals surface area contributed by atoms with Crippen LogP contribution in [0.3, 0.4) is 0 Å². The van der Waals surface area contributed by atoms with Crippen molar-refractivity contribution in [1.82, 2.24) is 4.90 Å². The monoisotopic (exact) mass is 911 g/mol. The molecule has 0 aliphatic carbocycles. The van der Waals surface area contributed by atoms with E-state index in [4.69, 9.17) is 66.4 Å². The third-order valence-electron chi connectivity index (χ3n) is 11.6. The van der Waals surface area contributed by atoms with E-state index in [-0.39, 0.29) is 17.2 Å². The van der Waals surface area contributed by atoms with Crippen LogP contribution >= 0.6 is 0 Å². The van der Waals surface area contributed by atoms with Gasteiger partial charge in [-0.3, -0.25) is 4.79 Å². The number of hydrogen-bond acceptors (Lipinski definition) is 16. The van der Waals surface area contributed by atoms with Gasteiger partial charge in [0.05, 0.1) is 0 Å². The molecule has 57 heavy (non-hydrogen) atoms. The van der Waals surface area contributed by atoms with Gasteiger partial charge < -0.3 is 71.3 Å². The number of hydrogen-bond donors (Lipinski definition) is 0. The second kappa shape index (κ2) is 29.3. The van der Waals surface area contributed by atoms with E-state index in [0.717, 1.165) is 38.5 Å². The highest BCUT2D eigenvalue weighted by Gasteiger charge is 2.44. The highest BCUT2D eigenvalue weighted by molar-refractivity contribution is 6.62. The van der Waals surface area contributed by atoms with E-state index in [9.17, 15) is 4.79 Å². The lowest BCUT2D eigenvalue weighted by molar-refractivity contribution is -0.136. The fourth-order valence-electron chi connectivity index (χ4n) is 7.85.